The lowest BCUT2D eigenvalue weighted by Crippen LogP contribution is -2.10. The summed E-state index contributed by atoms with van der Waals surface area (Å²) in [7, 11) is 0. The van der Waals surface area contributed by atoms with Gasteiger partial charge in [0.05, 0.1) is 13.2 Å². The molecule has 0 rings (SSSR count). The molecule has 0 aliphatic carbocycles. The molecule has 4 heteroatoms. The number of rotatable bonds is 5. The van der Waals surface area contributed by atoms with Gasteiger partial charge in [-0.15, -0.1) is 6.58 Å². The average molecular weight is 156 g/mol. The summed E-state index contributed by atoms with van der Waals surface area (Å²) in [6.45, 7) is 6.11. The van der Waals surface area contributed by atoms with Gasteiger partial charge in [-0.25, -0.2) is 4.79 Å². The summed E-state index contributed by atoms with van der Waals surface area (Å²) in [6, 6.07) is 0. The quantitative estimate of drug-likeness (QED) is 0.205. The zero-order valence-electron chi connectivity index (χ0n) is 6.54. The number of nitrogens with one attached hydrogen (secondary N) is 1. The number of nitrogens with zero attached hydrogens (tertiary/aromatic N) is 1. The Morgan fingerprint density at radius 2 is 2.55 bits per heavy atom. The van der Waals surface area contributed by atoms with Gasteiger partial charge in [-0.1, -0.05) is 6.08 Å². The molecule has 0 radical (unpaired) electrons. The van der Waals surface area contributed by atoms with Crippen molar-refractivity contribution in [2.24, 2.45) is 5.10 Å². The van der Waals surface area contributed by atoms with Gasteiger partial charge < -0.3 is 10.2 Å². The summed E-state index contributed by atoms with van der Waals surface area (Å²) in [5.74, 6) is -0.441. The second-order valence-corrected chi connectivity index (χ2v) is 1.66. The molecule has 11 heavy (non-hydrogen) atoms. The number of hydrazone groups is 1. The van der Waals surface area contributed by atoms with Crippen molar-refractivity contribution < 1.29 is 9.53 Å². The van der Waals surface area contributed by atoms with Crippen LogP contribution in [0.3, 0.4) is 0 Å². The predicted molar refractivity (Wildman–Crippen MR) is 43.3 cm³/mol. The summed E-state index contributed by atoms with van der Waals surface area (Å²) in [5, 5.41) is 3.56. The Morgan fingerprint density at radius 1 is 1.82 bits per heavy atom. The maximum absolute atomic E-state index is 10.6. The first-order valence-electron chi connectivity index (χ1n) is 3.34. The van der Waals surface area contributed by atoms with E-state index in [9.17, 15) is 4.79 Å². The summed E-state index contributed by atoms with van der Waals surface area (Å²) >= 11 is 0. The van der Waals surface area contributed by atoms with Gasteiger partial charge in [0.1, 0.15) is 6.21 Å². The predicted octanol–water partition coefficient (Wildman–Crippen LogP) is 0.311. The summed E-state index contributed by atoms with van der Waals surface area (Å²) < 4.78 is 4.57. The van der Waals surface area contributed by atoms with Crippen LogP contribution in [0.15, 0.2) is 17.8 Å². The number of ether oxygens (including phenoxy) is 1. The lowest BCUT2D eigenvalue weighted by Gasteiger charge is -1.94. The minimum atomic E-state index is -0.441. The van der Waals surface area contributed by atoms with Crippen molar-refractivity contribution in [3.05, 3.63) is 12.7 Å². The van der Waals surface area contributed by atoms with Gasteiger partial charge >= 0.3 is 5.97 Å². The molecule has 0 aromatic heterocycles. The van der Waals surface area contributed by atoms with E-state index in [1.165, 1.54) is 0 Å². The van der Waals surface area contributed by atoms with Crippen molar-refractivity contribution in [2.75, 3.05) is 13.2 Å². The van der Waals surface area contributed by atoms with Gasteiger partial charge in [-0.05, 0) is 6.92 Å². The SMILES string of the molecule is C=CCN/N=C/C(=O)OCC. The van der Waals surface area contributed by atoms with E-state index < -0.39 is 5.97 Å². The number of hydrogen-bond acceptors (Lipinski definition) is 4. The smallest absolute Gasteiger partial charge is 0.351 e. The Kier molecular flexibility index (Phi) is 5.98. The van der Waals surface area contributed by atoms with Gasteiger partial charge in [0.2, 0.25) is 0 Å². The summed E-state index contributed by atoms with van der Waals surface area (Å²) in [5.41, 5.74) is 2.57. The number of hydrogen-bond donors (Lipinski definition) is 1. The highest BCUT2D eigenvalue weighted by atomic mass is 16.5. The monoisotopic (exact) mass is 156 g/mol. The standard InChI is InChI=1S/C7H12N2O2/c1-3-5-8-9-6-7(10)11-4-2/h3,6,8H,1,4-5H2,2H3/b9-6+. The van der Waals surface area contributed by atoms with Gasteiger partial charge in [-0.3, -0.25) is 0 Å². The van der Waals surface area contributed by atoms with E-state index in [2.05, 4.69) is 21.8 Å². The van der Waals surface area contributed by atoms with Crippen LogP contribution in [-0.2, 0) is 9.53 Å². The Labute approximate surface area is 65.9 Å². The summed E-state index contributed by atoms with van der Waals surface area (Å²) in [6.07, 6.45) is 2.73. The molecule has 0 fully saturated rings. The molecule has 0 amide bonds. The molecule has 4 nitrogen and oxygen atoms in total. The fourth-order valence-corrected chi connectivity index (χ4v) is 0.395. The third-order valence-electron chi connectivity index (χ3n) is 0.783. The Morgan fingerprint density at radius 3 is 3.09 bits per heavy atom. The van der Waals surface area contributed by atoms with Crippen LogP contribution in [-0.4, -0.2) is 25.3 Å². The normalized spacial score (nSPS) is 9.55. The van der Waals surface area contributed by atoms with Crippen LogP contribution in [0.5, 0.6) is 0 Å². The van der Waals surface area contributed by atoms with Crippen molar-refractivity contribution in [3.8, 4) is 0 Å². The van der Waals surface area contributed by atoms with Crippen LogP contribution in [0.2, 0.25) is 0 Å². The molecule has 0 aliphatic rings. The average Bonchev–Trinajstić information content (AvgIpc) is 1.99. The first-order valence-corrected chi connectivity index (χ1v) is 3.34. The van der Waals surface area contributed by atoms with Crippen molar-refractivity contribution in [2.45, 2.75) is 6.92 Å². The van der Waals surface area contributed by atoms with Crippen LogP contribution in [0, 0.1) is 0 Å². The van der Waals surface area contributed by atoms with Crippen molar-refractivity contribution in [1.29, 1.82) is 0 Å². The molecule has 62 valence electrons. The lowest BCUT2D eigenvalue weighted by atomic mass is 10.7. The molecule has 1 N–H and O–H groups in total. The molecule has 0 aromatic carbocycles. The molecule has 0 unspecified atom stereocenters. The molecular weight excluding hydrogens is 144 g/mol. The van der Waals surface area contributed by atoms with Crippen LogP contribution >= 0.6 is 0 Å². The minimum Gasteiger partial charge on any atom is -0.462 e. The van der Waals surface area contributed by atoms with Gasteiger partial charge in [0.25, 0.3) is 0 Å². The first-order chi connectivity index (χ1) is 5.31. The molecule has 0 spiro atoms. The third kappa shape index (κ3) is 6.57. The first kappa shape index (κ1) is 9.68. The number of carbonyl (C=O) groups is 1. The topological polar surface area (TPSA) is 50.7 Å². The number of esters is 1. The summed E-state index contributed by atoms with van der Waals surface area (Å²) in [4.78, 5) is 10.6. The van der Waals surface area contributed by atoms with Crippen LogP contribution < -0.4 is 5.43 Å². The van der Waals surface area contributed by atoms with E-state index in [-0.39, 0.29) is 0 Å². The lowest BCUT2D eigenvalue weighted by molar-refractivity contribution is -0.134. The van der Waals surface area contributed by atoms with Gasteiger partial charge in [0, 0.05) is 0 Å². The molecule has 0 aliphatic heterocycles. The van der Waals surface area contributed by atoms with E-state index in [0.29, 0.717) is 13.2 Å². The van der Waals surface area contributed by atoms with E-state index in [4.69, 9.17) is 0 Å². The van der Waals surface area contributed by atoms with E-state index in [1.807, 2.05) is 0 Å². The van der Waals surface area contributed by atoms with Crippen molar-refractivity contribution in [3.63, 3.8) is 0 Å². The molecule has 0 saturated carbocycles. The maximum Gasteiger partial charge on any atom is 0.351 e. The van der Waals surface area contributed by atoms with E-state index in [1.54, 1.807) is 13.0 Å². The fraction of sp³-hybridized carbons (Fsp3) is 0.429. The van der Waals surface area contributed by atoms with Gasteiger partial charge in [0.15, 0.2) is 0 Å². The van der Waals surface area contributed by atoms with E-state index in [0.717, 1.165) is 6.21 Å². The molecule has 0 aromatic rings. The molecular formula is C7H12N2O2. The number of carbonyl (C=O) groups excluding carboxylic acids is 1. The molecule has 0 atom stereocenters. The highest BCUT2D eigenvalue weighted by molar-refractivity contribution is 6.23. The highest BCUT2D eigenvalue weighted by Crippen LogP contribution is 1.71. The van der Waals surface area contributed by atoms with Crippen LogP contribution in [0.4, 0.5) is 0 Å². The van der Waals surface area contributed by atoms with Crippen LogP contribution in [0.25, 0.3) is 0 Å². The molecule has 0 heterocycles. The van der Waals surface area contributed by atoms with E-state index >= 15 is 0 Å². The maximum atomic E-state index is 10.6. The van der Waals surface area contributed by atoms with Crippen molar-refractivity contribution in [1.82, 2.24) is 5.43 Å². The highest BCUT2D eigenvalue weighted by Gasteiger charge is 1.91. The zero-order valence-corrected chi connectivity index (χ0v) is 6.54. The zero-order chi connectivity index (χ0) is 8.53. The Hall–Kier alpha value is -1.32. The second kappa shape index (κ2) is 6.80. The van der Waals surface area contributed by atoms with Gasteiger partial charge in [-0.2, -0.15) is 5.10 Å². The Balaban J connectivity index is 3.39. The molecule has 0 saturated heterocycles. The van der Waals surface area contributed by atoms with Crippen LogP contribution in [0.1, 0.15) is 6.92 Å². The van der Waals surface area contributed by atoms with Crippen molar-refractivity contribution >= 4 is 12.2 Å². The fourth-order valence-electron chi connectivity index (χ4n) is 0.395. The largest absolute Gasteiger partial charge is 0.462 e. The minimum absolute atomic E-state index is 0.367. The molecule has 0 bridgehead atoms. The third-order valence-corrected chi connectivity index (χ3v) is 0.783. The second-order valence-electron chi connectivity index (χ2n) is 1.66. The Bertz CT molecular complexity index is 155.